The van der Waals surface area contributed by atoms with Gasteiger partial charge in [-0.15, -0.1) is 0 Å². The highest BCUT2D eigenvalue weighted by atomic mass is 16.4. The van der Waals surface area contributed by atoms with E-state index in [2.05, 4.69) is 30.8 Å². The van der Waals surface area contributed by atoms with E-state index in [1.165, 1.54) is 0 Å². The van der Waals surface area contributed by atoms with Crippen LogP contribution in [0.1, 0.15) is 19.8 Å². The maximum atomic E-state index is 12.3. The van der Waals surface area contributed by atoms with Gasteiger partial charge in [-0.3, -0.25) is 14.5 Å². The van der Waals surface area contributed by atoms with E-state index in [0.29, 0.717) is 44.4 Å². The first-order chi connectivity index (χ1) is 9.88. The Morgan fingerprint density at radius 2 is 1.81 bits per heavy atom. The lowest BCUT2D eigenvalue weighted by Gasteiger charge is -2.31. The number of aliphatic carboxylic acids is 1. The number of piperidine rings is 1. The second-order valence-electron chi connectivity index (χ2n) is 6.70. The SMILES string of the molecule is CC1CN(CC(=O)N2CCC(C(=O)O)CC2)CC1N(C)C. The third-order valence-electron chi connectivity index (χ3n) is 4.87. The zero-order valence-corrected chi connectivity index (χ0v) is 13.3. The van der Waals surface area contributed by atoms with Crippen molar-refractivity contribution in [2.24, 2.45) is 11.8 Å². The molecular formula is C15H27N3O3. The molecule has 0 spiro atoms. The van der Waals surface area contributed by atoms with E-state index < -0.39 is 5.97 Å². The minimum atomic E-state index is -0.732. The first-order valence-corrected chi connectivity index (χ1v) is 7.78. The molecule has 0 radical (unpaired) electrons. The standard InChI is InChI=1S/C15H27N3O3/c1-11-8-17(9-13(11)16(2)3)10-14(19)18-6-4-12(5-7-18)15(20)21/h11-13H,4-10H2,1-3H3,(H,20,21). The zero-order chi connectivity index (χ0) is 15.6. The normalized spacial score (nSPS) is 28.3. The summed E-state index contributed by atoms with van der Waals surface area (Å²) in [5.41, 5.74) is 0. The van der Waals surface area contributed by atoms with Crippen LogP contribution in [0.3, 0.4) is 0 Å². The van der Waals surface area contributed by atoms with Crippen LogP contribution in [0, 0.1) is 11.8 Å². The summed E-state index contributed by atoms with van der Waals surface area (Å²) in [6.07, 6.45) is 1.16. The Hall–Kier alpha value is -1.14. The molecule has 0 aliphatic carbocycles. The molecule has 120 valence electrons. The summed E-state index contributed by atoms with van der Waals surface area (Å²) in [6.45, 7) is 5.75. The third kappa shape index (κ3) is 3.95. The van der Waals surface area contributed by atoms with Gasteiger partial charge in [0.1, 0.15) is 0 Å². The number of likely N-dealkylation sites (tertiary alicyclic amines) is 2. The number of likely N-dealkylation sites (N-methyl/N-ethyl adjacent to an activating group) is 1. The molecule has 2 fully saturated rings. The molecule has 1 N–H and O–H groups in total. The molecule has 2 atom stereocenters. The fraction of sp³-hybridized carbons (Fsp3) is 0.867. The highest BCUT2D eigenvalue weighted by Crippen LogP contribution is 2.21. The highest BCUT2D eigenvalue weighted by molar-refractivity contribution is 5.79. The lowest BCUT2D eigenvalue weighted by atomic mass is 9.97. The molecule has 2 saturated heterocycles. The molecule has 2 aliphatic rings. The third-order valence-corrected chi connectivity index (χ3v) is 4.87. The summed E-state index contributed by atoms with van der Waals surface area (Å²) in [6, 6.07) is 0.510. The van der Waals surface area contributed by atoms with Crippen molar-refractivity contribution in [3.05, 3.63) is 0 Å². The quantitative estimate of drug-likeness (QED) is 0.802. The van der Waals surface area contributed by atoms with Crippen molar-refractivity contribution in [1.29, 1.82) is 0 Å². The van der Waals surface area contributed by atoms with E-state index in [1.807, 2.05) is 4.90 Å². The van der Waals surface area contributed by atoms with Crippen molar-refractivity contribution in [1.82, 2.24) is 14.7 Å². The van der Waals surface area contributed by atoms with Crippen LogP contribution in [0.4, 0.5) is 0 Å². The molecule has 2 unspecified atom stereocenters. The number of nitrogens with zero attached hydrogens (tertiary/aromatic N) is 3. The van der Waals surface area contributed by atoms with Crippen molar-refractivity contribution in [3.8, 4) is 0 Å². The summed E-state index contributed by atoms with van der Waals surface area (Å²) in [4.78, 5) is 29.5. The van der Waals surface area contributed by atoms with Crippen molar-refractivity contribution in [3.63, 3.8) is 0 Å². The maximum Gasteiger partial charge on any atom is 0.306 e. The van der Waals surface area contributed by atoms with Crippen molar-refractivity contribution in [2.45, 2.75) is 25.8 Å². The number of rotatable bonds is 4. The number of carbonyl (C=O) groups excluding carboxylic acids is 1. The minimum absolute atomic E-state index is 0.144. The Kier molecular flexibility index (Phi) is 5.22. The van der Waals surface area contributed by atoms with Crippen LogP contribution >= 0.6 is 0 Å². The molecule has 0 bridgehead atoms. The van der Waals surface area contributed by atoms with E-state index in [1.54, 1.807) is 0 Å². The molecule has 2 heterocycles. The average molecular weight is 297 g/mol. The lowest BCUT2D eigenvalue weighted by Crippen LogP contribution is -2.45. The Labute approximate surface area is 126 Å². The zero-order valence-electron chi connectivity index (χ0n) is 13.3. The van der Waals surface area contributed by atoms with Crippen LogP contribution < -0.4 is 0 Å². The van der Waals surface area contributed by atoms with Gasteiger partial charge in [-0.2, -0.15) is 0 Å². The van der Waals surface area contributed by atoms with Gasteiger partial charge in [0, 0.05) is 32.2 Å². The van der Waals surface area contributed by atoms with Crippen LogP contribution in [0.15, 0.2) is 0 Å². The summed E-state index contributed by atoms with van der Waals surface area (Å²) in [7, 11) is 4.17. The Balaban J connectivity index is 1.79. The summed E-state index contributed by atoms with van der Waals surface area (Å²) in [5, 5.41) is 8.99. The van der Waals surface area contributed by atoms with E-state index in [0.717, 1.165) is 13.1 Å². The first kappa shape index (κ1) is 16.2. The van der Waals surface area contributed by atoms with Crippen LogP contribution in [-0.2, 0) is 9.59 Å². The highest BCUT2D eigenvalue weighted by Gasteiger charge is 2.33. The van der Waals surface area contributed by atoms with Gasteiger partial charge >= 0.3 is 5.97 Å². The molecule has 2 rings (SSSR count). The van der Waals surface area contributed by atoms with Crippen molar-refractivity contribution < 1.29 is 14.7 Å². The second-order valence-corrected chi connectivity index (χ2v) is 6.70. The predicted molar refractivity (Wildman–Crippen MR) is 80.0 cm³/mol. The minimum Gasteiger partial charge on any atom is -0.481 e. The van der Waals surface area contributed by atoms with Crippen molar-refractivity contribution >= 4 is 11.9 Å². The molecule has 6 nitrogen and oxygen atoms in total. The van der Waals surface area contributed by atoms with E-state index in [9.17, 15) is 9.59 Å². The fourth-order valence-electron chi connectivity index (χ4n) is 3.52. The van der Waals surface area contributed by atoms with Crippen LogP contribution in [-0.4, -0.2) is 84.5 Å². The number of carbonyl (C=O) groups is 2. The molecule has 0 saturated carbocycles. The van der Waals surface area contributed by atoms with Gasteiger partial charge in [0.05, 0.1) is 12.5 Å². The fourth-order valence-corrected chi connectivity index (χ4v) is 3.52. The first-order valence-electron chi connectivity index (χ1n) is 7.78. The maximum absolute atomic E-state index is 12.3. The number of hydrogen-bond acceptors (Lipinski definition) is 4. The molecule has 2 aliphatic heterocycles. The van der Waals surface area contributed by atoms with Crippen LogP contribution in [0.5, 0.6) is 0 Å². The largest absolute Gasteiger partial charge is 0.481 e. The smallest absolute Gasteiger partial charge is 0.306 e. The Morgan fingerprint density at radius 1 is 1.19 bits per heavy atom. The predicted octanol–water partition coefficient (Wildman–Crippen LogP) is 0.192. The van der Waals surface area contributed by atoms with E-state index >= 15 is 0 Å². The van der Waals surface area contributed by atoms with Gasteiger partial charge in [-0.1, -0.05) is 6.92 Å². The van der Waals surface area contributed by atoms with Gasteiger partial charge in [0.25, 0.3) is 0 Å². The molecular weight excluding hydrogens is 270 g/mol. The molecule has 21 heavy (non-hydrogen) atoms. The molecule has 0 aromatic carbocycles. The topological polar surface area (TPSA) is 64.1 Å². The monoisotopic (exact) mass is 297 g/mol. The average Bonchev–Trinajstić information content (AvgIpc) is 2.79. The Morgan fingerprint density at radius 3 is 2.29 bits per heavy atom. The molecule has 1 amide bonds. The summed E-state index contributed by atoms with van der Waals surface area (Å²) < 4.78 is 0. The number of hydrogen-bond donors (Lipinski definition) is 1. The molecule has 6 heteroatoms. The van der Waals surface area contributed by atoms with Gasteiger partial charge in [-0.05, 0) is 32.9 Å². The summed E-state index contributed by atoms with van der Waals surface area (Å²) >= 11 is 0. The van der Waals surface area contributed by atoms with E-state index in [4.69, 9.17) is 5.11 Å². The molecule has 0 aromatic rings. The Bertz CT molecular complexity index is 392. The van der Waals surface area contributed by atoms with Crippen LogP contribution in [0.2, 0.25) is 0 Å². The summed E-state index contributed by atoms with van der Waals surface area (Å²) in [5.74, 6) is -0.292. The lowest BCUT2D eigenvalue weighted by molar-refractivity contribution is -0.145. The van der Waals surface area contributed by atoms with Crippen molar-refractivity contribution in [2.75, 3.05) is 46.8 Å². The van der Waals surface area contributed by atoms with E-state index in [-0.39, 0.29) is 11.8 Å². The van der Waals surface area contributed by atoms with Gasteiger partial charge < -0.3 is 14.9 Å². The second kappa shape index (κ2) is 6.75. The number of carboxylic acids is 1. The number of amides is 1. The van der Waals surface area contributed by atoms with Gasteiger partial charge in [0.2, 0.25) is 5.91 Å². The number of carboxylic acid groups (broad SMARTS) is 1. The van der Waals surface area contributed by atoms with Crippen LogP contribution in [0.25, 0.3) is 0 Å². The van der Waals surface area contributed by atoms with Gasteiger partial charge in [-0.25, -0.2) is 0 Å². The van der Waals surface area contributed by atoms with Gasteiger partial charge in [0.15, 0.2) is 0 Å². The molecule has 0 aromatic heterocycles.